The summed E-state index contributed by atoms with van der Waals surface area (Å²) < 4.78 is 4.91. The summed E-state index contributed by atoms with van der Waals surface area (Å²) in [7, 11) is 0. The van der Waals surface area contributed by atoms with E-state index in [2.05, 4.69) is 25.7 Å². The number of hydrogen-bond acceptors (Lipinski definition) is 6. The van der Waals surface area contributed by atoms with Crippen molar-refractivity contribution < 1.29 is 4.52 Å². The Balaban J connectivity index is 1.95. The van der Waals surface area contributed by atoms with Crippen molar-refractivity contribution in [2.24, 2.45) is 0 Å². The molecule has 2 aromatic rings. The molecule has 0 aromatic carbocycles. The van der Waals surface area contributed by atoms with E-state index >= 15 is 0 Å². The Hall–Kier alpha value is -1.98. The van der Waals surface area contributed by atoms with Gasteiger partial charge < -0.3 is 9.84 Å². The van der Waals surface area contributed by atoms with Crippen molar-refractivity contribution in [1.82, 2.24) is 20.3 Å². The second-order valence-electron chi connectivity index (χ2n) is 2.70. The van der Waals surface area contributed by atoms with Gasteiger partial charge in [0, 0.05) is 6.20 Å². The summed E-state index contributed by atoms with van der Waals surface area (Å²) in [6.45, 7) is 2.23. The summed E-state index contributed by atoms with van der Waals surface area (Å²) in [6.07, 6.45) is 1.61. The zero-order chi connectivity index (χ0) is 9.80. The summed E-state index contributed by atoms with van der Waals surface area (Å²) in [6, 6.07) is 3.62. The van der Waals surface area contributed by atoms with E-state index in [4.69, 9.17) is 4.52 Å². The Labute approximate surface area is 80.4 Å². The lowest BCUT2D eigenvalue weighted by molar-refractivity contribution is 0.379. The van der Waals surface area contributed by atoms with E-state index in [9.17, 15) is 0 Å². The average molecular weight is 191 g/mol. The molecule has 72 valence electrons. The number of nitrogens with zero attached hydrogens (tertiary/aromatic N) is 4. The van der Waals surface area contributed by atoms with Crippen LogP contribution in [0.3, 0.4) is 0 Å². The molecule has 6 heteroatoms. The number of aryl methyl sites for hydroxylation is 1. The van der Waals surface area contributed by atoms with Crippen molar-refractivity contribution in [1.29, 1.82) is 0 Å². The Morgan fingerprint density at radius 3 is 3.07 bits per heavy atom. The Morgan fingerprint density at radius 2 is 2.43 bits per heavy atom. The minimum atomic E-state index is 0.458. The van der Waals surface area contributed by atoms with E-state index < -0.39 is 0 Å². The zero-order valence-corrected chi connectivity index (χ0v) is 7.64. The summed E-state index contributed by atoms with van der Waals surface area (Å²) in [5.41, 5.74) is 0. The molecule has 0 bridgehead atoms. The summed E-state index contributed by atoms with van der Waals surface area (Å²) in [5, 5.41) is 14.2. The third-order valence-electron chi connectivity index (χ3n) is 1.56. The van der Waals surface area contributed by atoms with Crippen LogP contribution in [0.25, 0.3) is 0 Å². The molecule has 14 heavy (non-hydrogen) atoms. The predicted molar refractivity (Wildman–Crippen MR) is 48.4 cm³/mol. The van der Waals surface area contributed by atoms with Gasteiger partial charge >= 0.3 is 0 Å². The second-order valence-corrected chi connectivity index (χ2v) is 2.70. The fourth-order valence-corrected chi connectivity index (χ4v) is 0.974. The van der Waals surface area contributed by atoms with Gasteiger partial charge in [-0.05, 0) is 19.1 Å². The second kappa shape index (κ2) is 3.82. The first kappa shape index (κ1) is 8.61. The number of nitrogens with one attached hydrogen (secondary N) is 1. The SMILES string of the molecule is Cc1noc(CNc2cccnn2)n1. The highest BCUT2D eigenvalue weighted by atomic mass is 16.5. The Kier molecular flexibility index (Phi) is 2.35. The van der Waals surface area contributed by atoms with Crippen molar-refractivity contribution in [3.05, 3.63) is 30.0 Å². The molecule has 0 atom stereocenters. The normalized spacial score (nSPS) is 10.1. The Bertz CT molecular complexity index is 399. The van der Waals surface area contributed by atoms with Gasteiger partial charge in [-0.1, -0.05) is 5.16 Å². The minimum absolute atomic E-state index is 0.458. The Morgan fingerprint density at radius 1 is 1.50 bits per heavy atom. The maximum Gasteiger partial charge on any atom is 0.245 e. The first-order chi connectivity index (χ1) is 6.84. The van der Waals surface area contributed by atoms with Gasteiger partial charge in [-0.25, -0.2) is 0 Å². The molecule has 0 saturated heterocycles. The van der Waals surface area contributed by atoms with Crippen molar-refractivity contribution >= 4 is 5.82 Å². The van der Waals surface area contributed by atoms with E-state index in [1.54, 1.807) is 19.2 Å². The number of aromatic nitrogens is 4. The van der Waals surface area contributed by atoms with Gasteiger partial charge in [-0.3, -0.25) is 0 Å². The smallest absolute Gasteiger partial charge is 0.245 e. The molecule has 0 unspecified atom stereocenters. The van der Waals surface area contributed by atoms with Gasteiger partial charge in [0.15, 0.2) is 5.82 Å². The molecular formula is C8H9N5O. The van der Waals surface area contributed by atoms with Crippen LogP contribution in [-0.2, 0) is 6.54 Å². The highest BCUT2D eigenvalue weighted by molar-refractivity contribution is 5.31. The quantitative estimate of drug-likeness (QED) is 0.772. The minimum Gasteiger partial charge on any atom is -0.360 e. The lowest BCUT2D eigenvalue weighted by Crippen LogP contribution is -2.01. The molecule has 1 N–H and O–H groups in total. The van der Waals surface area contributed by atoms with Crippen LogP contribution in [0.2, 0.25) is 0 Å². The molecular weight excluding hydrogens is 182 g/mol. The van der Waals surface area contributed by atoms with E-state index in [-0.39, 0.29) is 0 Å². The molecule has 0 aliphatic rings. The van der Waals surface area contributed by atoms with Crippen molar-refractivity contribution in [2.75, 3.05) is 5.32 Å². The molecule has 2 aromatic heterocycles. The van der Waals surface area contributed by atoms with Gasteiger partial charge in [0.1, 0.15) is 5.82 Å². The molecule has 2 rings (SSSR count). The molecule has 0 amide bonds. The van der Waals surface area contributed by atoms with Crippen molar-refractivity contribution in [3.8, 4) is 0 Å². The van der Waals surface area contributed by atoms with Crippen molar-refractivity contribution in [2.45, 2.75) is 13.5 Å². The number of hydrogen-bond donors (Lipinski definition) is 1. The molecule has 0 spiro atoms. The average Bonchev–Trinajstić information content (AvgIpc) is 2.63. The van der Waals surface area contributed by atoms with Gasteiger partial charge in [0.2, 0.25) is 5.89 Å². The first-order valence-electron chi connectivity index (χ1n) is 4.15. The summed E-state index contributed by atoms with van der Waals surface area (Å²) >= 11 is 0. The number of anilines is 1. The van der Waals surface area contributed by atoms with Crippen LogP contribution in [0.4, 0.5) is 5.82 Å². The molecule has 0 radical (unpaired) electrons. The predicted octanol–water partition coefficient (Wildman–Crippen LogP) is 0.780. The van der Waals surface area contributed by atoms with Crippen LogP contribution >= 0.6 is 0 Å². The highest BCUT2D eigenvalue weighted by Crippen LogP contribution is 2.02. The maximum atomic E-state index is 4.91. The van der Waals surface area contributed by atoms with Gasteiger partial charge in [-0.2, -0.15) is 10.1 Å². The molecule has 2 heterocycles. The van der Waals surface area contributed by atoms with E-state index in [1.165, 1.54) is 0 Å². The van der Waals surface area contributed by atoms with Crippen LogP contribution in [-0.4, -0.2) is 20.3 Å². The van der Waals surface area contributed by atoms with E-state index in [0.717, 1.165) is 0 Å². The zero-order valence-electron chi connectivity index (χ0n) is 7.64. The molecule has 0 saturated carbocycles. The van der Waals surface area contributed by atoms with Gasteiger partial charge in [0.05, 0.1) is 6.54 Å². The van der Waals surface area contributed by atoms with E-state index in [0.29, 0.717) is 24.1 Å². The lowest BCUT2D eigenvalue weighted by atomic mass is 10.5. The topological polar surface area (TPSA) is 76.7 Å². The molecule has 0 fully saturated rings. The van der Waals surface area contributed by atoms with Crippen LogP contribution < -0.4 is 5.32 Å². The third-order valence-corrected chi connectivity index (χ3v) is 1.56. The van der Waals surface area contributed by atoms with Crippen LogP contribution in [0.1, 0.15) is 11.7 Å². The summed E-state index contributed by atoms with van der Waals surface area (Å²) in [4.78, 5) is 4.04. The monoisotopic (exact) mass is 191 g/mol. The van der Waals surface area contributed by atoms with E-state index in [1.807, 2.05) is 6.07 Å². The largest absolute Gasteiger partial charge is 0.360 e. The number of rotatable bonds is 3. The van der Waals surface area contributed by atoms with Crippen LogP contribution in [0.15, 0.2) is 22.9 Å². The fraction of sp³-hybridized carbons (Fsp3) is 0.250. The standard InChI is InChI=1S/C8H9N5O/c1-6-11-8(14-13-6)5-9-7-3-2-4-10-12-7/h2-4H,5H2,1H3,(H,9,12). The van der Waals surface area contributed by atoms with Crippen molar-refractivity contribution in [3.63, 3.8) is 0 Å². The highest BCUT2D eigenvalue weighted by Gasteiger charge is 2.01. The molecule has 6 nitrogen and oxygen atoms in total. The maximum absolute atomic E-state index is 4.91. The summed E-state index contributed by atoms with van der Waals surface area (Å²) in [5.74, 6) is 1.84. The molecule has 0 aliphatic heterocycles. The van der Waals surface area contributed by atoms with Crippen LogP contribution in [0.5, 0.6) is 0 Å². The lowest BCUT2D eigenvalue weighted by Gasteiger charge is -1.98. The van der Waals surface area contributed by atoms with Crippen LogP contribution in [0, 0.1) is 6.92 Å². The van der Waals surface area contributed by atoms with Gasteiger partial charge in [0.25, 0.3) is 0 Å². The first-order valence-corrected chi connectivity index (χ1v) is 4.15. The van der Waals surface area contributed by atoms with Gasteiger partial charge in [-0.15, -0.1) is 5.10 Å². The third kappa shape index (κ3) is 2.03. The molecule has 0 aliphatic carbocycles. The fourth-order valence-electron chi connectivity index (χ4n) is 0.974.